The van der Waals surface area contributed by atoms with Crippen LogP contribution in [-0.4, -0.2) is 32.0 Å². The van der Waals surface area contributed by atoms with Crippen LogP contribution in [0.5, 0.6) is 0 Å². The van der Waals surface area contributed by atoms with Gasteiger partial charge in [-0.05, 0) is 44.7 Å². The Balaban J connectivity index is 2.64. The van der Waals surface area contributed by atoms with E-state index in [0.29, 0.717) is 12.0 Å². The molecule has 120 valence electrons. The van der Waals surface area contributed by atoms with Gasteiger partial charge < -0.3 is 5.32 Å². The van der Waals surface area contributed by atoms with Crippen molar-refractivity contribution in [1.82, 2.24) is 5.32 Å². The first-order valence-electron chi connectivity index (χ1n) is 7.80. The van der Waals surface area contributed by atoms with Gasteiger partial charge in [0.05, 0.1) is 11.0 Å². The van der Waals surface area contributed by atoms with Gasteiger partial charge in [-0.15, -0.1) is 0 Å². The first-order valence-corrected chi connectivity index (χ1v) is 9.51. The molecule has 0 bridgehead atoms. The normalized spacial score (nSPS) is 13.8. The van der Waals surface area contributed by atoms with E-state index in [1.807, 2.05) is 18.2 Å². The number of nitrogens with one attached hydrogen (secondary N) is 1. The van der Waals surface area contributed by atoms with Crippen LogP contribution in [0.15, 0.2) is 30.3 Å². The summed E-state index contributed by atoms with van der Waals surface area (Å²) in [5.74, 6) is 0.630. The van der Waals surface area contributed by atoms with Crippen LogP contribution in [0.3, 0.4) is 0 Å². The molecule has 21 heavy (non-hydrogen) atoms. The van der Waals surface area contributed by atoms with Crippen LogP contribution in [0.2, 0.25) is 0 Å². The molecule has 0 heterocycles. The standard InChI is InChI=1S/C17H29NO2S/c1-14(2)18-13-17(10-11-21(19,20)15(3)4)12-16-8-6-5-7-9-16/h5-9,14-15,17-18H,10-13H2,1-4H3. The molecule has 0 fully saturated rings. The maximum Gasteiger partial charge on any atom is 0.152 e. The highest BCUT2D eigenvalue weighted by Crippen LogP contribution is 2.15. The average molecular weight is 311 g/mol. The van der Waals surface area contributed by atoms with E-state index in [4.69, 9.17) is 0 Å². The monoisotopic (exact) mass is 311 g/mol. The summed E-state index contributed by atoms with van der Waals surface area (Å²) in [6, 6.07) is 10.7. The fourth-order valence-corrected chi connectivity index (χ4v) is 3.33. The van der Waals surface area contributed by atoms with Crippen LogP contribution in [0.1, 0.15) is 39.7 Å². The number of hydrogen-bond donors (Lipinski definition) is 1. The summed E-state index contributed by atoms with van der Waals surface area (Å²) in [6.45, 7) is 8.61. The lowest BCUT2D eigenvalue weighted by Crippen LogP contribution is -2.31. The predicted octanol–water partition coefficient (Wildman–Crippen LogP) is 3.06. The topological polar surface area (TPSA) is 46.2 Å². The third-order valence-electron chi connectivity index (χ3n) is 3.71. The molecule has 1 aromatic carbocycles. The highest BCUT2D eigenvalue weighted by Gasteiger charge is 2.19. The van der Waals surface area contributed by atoms with E-state index in [-0.39, 0.29) is 11.0 Å². The van der Waals surface area contributed by atoms with E-state index in [0.717, 1.165) is 19.4 Å². The van der Waals surface area contributed by atoms with Gasteiger partial charge in [0.2, 0.25) is 0 Å². The highest BCUT2D eigenvalue weighted by atomic mass is 32.2. The maximum atomic E-state index is 12.0. The second kappa shape index (κ2) is 8.54. The summed E-state index contributed by atoms with van der Waals surface area (Å²) in [5.41, 5.74) is 1.27. The molecular weight excluding hydrogens is 282 g/mol. The van der Waals surface area contributed by atoms with Gasteiger partial charge in [0.25, 0.3) is 0 Å². The molecule has 0 amide bonds. The molecule has 0 aliphatic heterocycles. The summed E-state index contributed by atoms with van der Waals surface area (Å²) in [4.78, 5) is 0. The van der Waals surface area contributed by atoms with E-state index >= 15 is 0 Å². The summed E-state index contributed by atoms with van der Waals surface area (Å²) in [6.07, 6.45) is 1.64. The van der Waals surface area contributed by atoms with Crippen LogP contribution in [-0.2, 0) is 16.3 Å². The van der Waals surface area contributed by atoms with E-state index in [2.05, 4.69) is 31.3 Å². The molecule has 0 aromatic heterocycles. The Bertz CT molecular complexity index is 495. The number of hydrogen-bond acceptors (Lipinski definition) is 3. The molecule has 4 heteroatoms. The summed E-state index contributed by atoms with van der Waals surface area (Å²) < 4.78 is 24.0. The molecule has 1 rings (SSSR count). The fraction of sp³-hybridized carbons (Fsp3) is 0.647. The molecule has 0 saturated heterocycles. The zero-order valence-corrected chi connectivity index (χ0v) is 14.5. The second-order valence-electron chi connectivity index (χ2n) is 6.32. The van der Waals surface area contributed by atoms with Crippen molar-refractivity contribution in [2.24, 2.45) is 5.92 Å². The molecule has 0 spiro atoms. The van der Waals surface area contributed by atoms with Crippen molar-refractivity contribution >= 4 is 9.84 Å². The van der Waals surface area contributed by atoms with Crippen molar-refractivity contribution in [2.75, 3.05) is 12.3 Å². The van der Waals surface area contributed by atoms with Crippen LogP contribution in [0.25, 0.3) is 0 Å². The minimum Gasteiger partial charge on any atom is -0.314 e. The lowest BCUT2D eigenvalue weighted by Gasteiger charge is -2.20. The van der Waals surface area contributed by atoms with Crippen LogP contribution in [0, 0.1) is 5.92 Å². The fourth-order valence-electron chi connectivity index (χ4n) is 2.19. The van der Waals surface area contributed by atoms with Crippen molar-refractivity contribution in [2.45, 2.75) is 51.8 Å². The van der Waals surface area contributed by atoms with E-state index < -0.39 is 9.84 Å². The third kappa shape index (κ3) is 7.09. The SMILES string of the molecule is CC(C)NCC(CCS(=O)(=O)C(C)C)Cc1ccccc1. The molecule has 1 aromatic rings. The van der Waals surface area contributed by atoms with Crippen LogP contribution >= 0.6 is 0 Å². The Morgan fingerprint density at radius 1 is 1.05 bits per heavy atom. The Labute approximate surface area is 130 Å². The summed E-state index contributed by atoms with van der Waals surface area (Å²) >= 11 is 0. The Morgan fingerprint density at radius 3 is 2.19 bits per heavy atom. The molecule has 0 aliphatic carbocycles. The molecule has 0 radical (unpaired) electrons. The van der Waals surface area contributed by atoms with Gasteiger partial charge in [-0.25, -0.2) is 8.42 Å². The smallest absolute Gasteiger partial charge is 0.152 e. The minimum atomic E-state index is -2.95. The van der Waals surface area contributed by atoms with Gasteiger partial charge in [0, 0.05) is 6.04 Å². The van der Waals surface area contributed by atoms with Crippen molar-refractivity contribution in [3.63, 3.8) is 0 Å². The predicted molar refractivity (Wildman–Crippen MR) is 90.3 cm³/mol. The Kier molecular flexibility index (Phi) is 7.40. The molecule has 1 atom stereocenters. The number of rotatable bonds is 9. The van der Waals surface area contributed by atoms with Crippen molar-refractivity contribution in [3.8, 4) is 0 Å². The average Bonchev–Trinajstić information content (AvgIpc) is 2.42. The van der Waals surface area contributed by atoms with Crippen LogP contribution < -0.4 is 5.32 Å². The van der Waals surface area contributed by atoms with Gasteiger partial charge in [-0.3, -0.25) is 0 Å². The van der Waals surface area contributed by atoms with Crippen molar-refractivity contribution in [3.05, 3.63) is 35.9 Å². The van der Waals surface area contributed by atoms with Gasteiger partial charge in [-0.2, -0.15) is 0 Å². The quantitative estimate of drug-likeness (QED) is 0.762. The summed E-state index contributed by atoms with van der Waals surface area (Å²) in [5, 5.41) is 3.15. The van der Waals surface area contributed by atoms with Gasteiger partial charge in [-0.1, -0.05) is 44.2 Å². The van der Waals surface area contributed by atoms with Crippen LogP contribution in [0.4, 0.5) is 0 Å². The Hall–Kier alpha value is -0.870. The molecule has 0 saturated carbocycles. The van der Waals surface area contributed by atoms with Gasteiger partial charge >= 0.3 is 0 Å². The van der Waals surface area contributed by atoms with E-state index in [1.54, 1.807) is 13.8 Å². The van der Waals surface area contributed by atoms with Gasteiger partial charge in [0.15, 0.2) is 9.84 Å². The zero-order chi connectivity index (χ0) is 15.9. The molecule has 3 nitrogen and oxygen atoms in total. The molecule has 0 aliphatic rings. The minimum absolute atomic E-state index is 0.280. The lowest BCUT2D eigenvalue weighted by atomic mass is 9.96. The lowest BCUT2D eigenvalue weighted by molar-refractivity contribution is 0.434. The van der Waals surface area contributed by atoms with Crippen molar-refractivity contribution in [1.29, 1.82) is 0 Å². The second-order valence-corrected chi connectivity index (χ2v) is 9.00. The van der Waals surface area contributed by atoms with Gasteiger partial charge in [0.1, 0.15) is 0 Å². The summed E-state index contributed by atoms with van der Waals surface area (Å²) in [7, 11) is -2.95. The van der Waals surface area contributed by atoms with Crippen molar-refractivity contribution < 1.29 is 8.42 Å². The van der Waals surface area contributed by atoms with E-state index in [1.165, 1.54) is 5.56 Å². The molecule has 1 N–H and O–H groups in total. The third-order valence-corrected chi connectivity index (χ3v) is 5.95. The Morgan fingerprint density at radius 2 is 1.67 bits per heavy atom. The van der Waals surface area contributed by atoms with E-state index in [9.17, 15) is 8.42 Å². The first-order chi connectivity index (χ1) is 9.81. The number of benzene rings is 1. The largest absolute Gasteiger partial charge is 0.314 e. The first kappa shape index (κ1) is 18.2. The maximum absolute atomic E-state index is 12.0. The molecule has 1 unspecified atom stereocenters. The zero-order valence-electron chi connectivity index (χ0n) is 13.7. The number of sulfone groups is 1. The molecular formula is C17H29NO2S. The highest BCUT2D eigenvalue weighted by molar-refractivity contribution is 7.91.